The van der Waals surface area contributed by atoms with Crippen molar-refractivity contribution < 1.29 is 27.5 Å². The summed E-state index contributed by atoms with van der Waals surface area (Å²) < 4.78 is 42.2. The number of fused-ring (bicyclic) bond motifs is 1. The second-order valence-corrected chi connectivity index (χ2v) is 12.9. The number of carbonyl (C=O) groups is 2. The zero-order valence-corrected chi connectivity index (χ0v) is 23.4. The maximum atomic E-state index is 13.9. The van der Waals surface area contributed by atoms with Crippen molar-refractivity contribution in [2.24, 2.45) is 5.41 Å². The monoisotopic (exact) mass is 539 g/mol. The lowest BCUT2D eigenvalue weighted by atomic mass is 9.88. The van der Waals surface area contributed by atoms with E-state index in [4.69, 9.17) is 21.1 Å². The molecule has 0 fully saturated rings. The van der Waals surface area contributed by atoms with Gasteiger partial charge in [-0.3, -0.25) is 13.8 Å². The Morgan fingerprint density at radius 3 is 2.50 bits per heavy atom. The molecule has 11 heteroatoms. The molecule has 2 heterocycles. The molecular weight excluding hydrogens is 506 g/mol. The van der Waals surface area contributed by atoms with Crippen LogP contribution in [0.25, 0.3) is 0 Å². The number of carbonyl (C=O) groups excluding carboxylic acids is 2. The molecule has 1 aliphatic heterocycles. The standard InChI is InChI=1S/C25H34ClN3O6S/c1-8-28-14-20(23(26)27-28)36(32,33)29-13-18(12-25(6,7)15-30)34-19-10-9-17(16(2)22(19)29)11-21(31)35-24(3,4)5/h9-10,14-15,18H,8,11-13H2,1-7H3/t18-/m1/s1. The number of hydrogen-bond donors (Lipinski definition) is 0. The van der Waals surface area contributed by atoms with Crippen molar-refractivity contribution >= 4 is 39.6 Å². The summed E-state index contributed by atoms with van der Waals surface area (Å²) in [5.41, 5.74) is 0.167. The van der Waals surface area contributed by atoms with E-state index in [-0.39, 0.29) is 23.0 Å². The topological polar surface area (TPSA) is 108 Å². The SMILES string of the molecule is CCn1cc(S(=O)(=O)N2C[C@@H](CC(C)(C)C=O)Oc3ccc(CC(=O)OC(C)(C)C)c(C)c32)c(Cl)n1. The Balaban J connectivity index is 2.11. The van der Waals surface area contributed by atoms with Crippen LogP contribution < -0.4 is 9.04 Å². The molecule has 0 amide bonds. The Morgan fingerprint density at radius 1 is 1.28 bits per heavy atom. The van der Waals surface area contributed by atoms with Crippen molar-refractivity contribution in [1.29, 1.82) is 0 Å². The van der Waals surface area contributed by atoms with E-state index in [9.17, 15) is 18.0 Å². The van der Waals surface area contributed by atoms with Crippen molar-refractivity contribution in [3.8, 4) is 5.75 Å². The highest BCUT2D eigenvalue weighted by Crippen LogP contribution is 2.43. The Labute approximate surface area is 217 Å². The molecule has 9 nitrogen and oxygen atoms in total. The lowest BCUT2D eigenvalue weighted by Gasteiger charge is -2.38. The summed E-state index contributed by atoms with van der Waals surface area (Å²) in [6, 6.07) is 3.39. The molecule has 0 radical (unpaired) electrons. The zero-order chi connectivity index (χ0) is 27.1. The number of nitrogens with zero attached hydrogens (tertiary/aromatic N) is 3. The Morgan fingerprint density at radius 2 is 1.94 bits per heavy atom. The minimum absolute atomic E-state index is 0.0274. The number of rotatable bonds is 8. The minimum atomic E-state index is -4.15. The molecule has 1 aromatic carbocycles. The molecule has 1 atom stereocenters. The molecule has 2 aromatic rings. The first kappa shape index (κ1) is 28.0. The second kappa shape index (κ2) is 10.0. The van der Waals surface area contributed by atoms with Gasteiger partial charge in [0.1, 0.15) is 28.6 Å². The first-order valence-electron chi connectivity index (χ1n) is 11.8. The summed E-state index contributed by atoms with van der Waals surface area (Å²) in [4.78, 5) is 24.0. The first-order valence-corrected chi connectivity index (χ1v) is 13.6. The van der Waals surface area contributed by atoms with Crippen LogP contribution in [0.2, 0.25) is 5.15 Å². The van der Waals surface area contributed by atoms with Crippen molar-refractivity contribution in [3.63, 3.8) is 0 Å². The molecule has 3 rings (SSSR count). The normalized spacial score (nSPS) is 16.3. The van der Waals surface area contributed by atoms with Gasteiger partial charge in [0.05, 0.1) is 18.7 Å². The van der Waals surface area contributed by atoms with Crippen LogP contribution in [-0.2, 0) is 37.3 Å². The highest BCUT2D eigenvalue weighted by Gasteiger charge is 2.40. The van der Waals surface area contributed by atoms with Gasteiger partial charge in [-0.2, -0.15) is 5.10 Å². The van der Waals surface area contributed by atoms with E-state index >= 15 is 0 Å². The fraction of sp³-hybridized carbons (Fsp3) is 0.560. The van der Waals surface area contributed by atoms with Crippen LogP contribution in [0, 0.1) is 12.3 Å². The number of aldehydes is 1. The first-order chi connectivity index (χ1) is 16.6. The molecule has 0 saturated heterocycles. The molecule has 198 valence electrons. The van der Waals surface area contributed by atoms with Crippen molar-refractivity contribution in [2.45, 2.75) is 84.5 Å². The van der Waals surface area contributed by atoms with Crippen LogP contribution in [0.1, 0.15) is 59.1 Å². The molecule has 0 saturated carbocycles. The van der Waals surface area contributed by atoms with Gasteiger partial charge in [-0.05, 0) is 58.2 Å². The third-order valence-electron chi connectivity index (χ3n) is 5.82. The summed E-state index contributed by atoms with van der Waals surface area (Å²) >= 11 is 6.24. The number of anilines is 1. The molecule has 36 heavy (non-hydrogen) atoms. The van der Waals surface area contributed by atoms with E-state index in [1.807, 2.05) is 6.92 Å². The van der Waals surface area contributed by atoms with Crippen LogP contribution in [0.5, 0.6) is 5.75 Å². The summed E-state index contributed by atoms with van der Waals surface area (Å²) in [6.45, 7) is 12.9. The number of halogens is 1. The van der Waals surface area contributed by atoms with Gasteiger partial charge in [0.2, 0.25) is 0 Å². The number of esters is 1. The van der Waals surface area contributed by atoms with Gasteiger partial charge in [-0.1, -0.05) is 31.5 Å². The summed E-state index contributed by atoms with van der Waals surface area (Å²) in [5, 5.41) is 3.96. The summed E-state index contributed by atoms with van der Waals surface area (Å²) in [5.74, 6) is -0.0736. The predicted molar refractivity (Wildman–Crippen MR) is 137 cm³/mol. The van der Waals surface area contributed by atoms with E-state index < -0.39 is 33.1 Å². The quantitative estimate of drug-likeness (QED) is 0.363. The van der Waals surface area contributed by atoms with E-state index in [1.54, 1.807) is 53.7 Å². The molecule has 0 aliphatic carbocycles. The number of benzene rings is 1. The highest BCUT2D eigenvalue weighted by molar-refractivity contribution is 7.93. The number of sulfonamides is 1. The van der Waals surface area contributed by atoms with Crippen molar-refractivity contribution in [1.82, 2.24) is 9.78 Å². The van der Waals surface area contributed by atoms with Gasteiger partial charge >= 0.3 is 5.97 Å². The molecule has 0 unspecified atom stereocenters. The second-order valence-electron chi connectivity index (χ2n) is 10.7. The van der Waals surface area contributed by atoms with Gasteiger partial charge in [-0.15, -0.1) is 0 Å². The maximum Gasteiger partial charge on any atom is 0.310 e. The van der Waals surface area contributed by atoms with Gasteiger partial charge < -0.3 is 14.3 Å². The third kappa shape index (κ3) is 6.03. The zero-order valence-electron chi connectivity index (χ0n) is 21.8. The fourth-order valence-electron chi connectivity index (χ4n) is 4.13. The minimum Gasteiger partial charge on any atom is -0.486 e. The largest absolute Gasteiger partial charge is 0.486 e. The molecule has 1 aliphatic rings. The van der Waals surface area contributed by atoms with Gasteiger partial charge in [-0.25, -0.2) is 8.42 Å². The molecule has 0 bridgehead atoms. The van der Waals surface area contributed by atoms with E-state index in [0.29, 0.717) is 35.5 Å². The van der Waals surface area contributed by atoms with Gasteiger partial charge in [0.15, 0.2) is 5.15 Å². The molecule has 0 spiro atoms. The predicted octanol–water partition coefficient (Wildman–Crippen LogP) is 4.32. The van der Waals surface area contributed by atoms with Gasteiger partial charge in [0.25, 0.3) is 10.0 Å². The summed E-state index contributed by atoms with van der Waals surface area (Å²) in [6.07, 6.45) is 1.94. The molecule has 0 N–H and O–H groups in total. The van der Waals surface area contributed by atoms with Crippen LogP contribution >= 0.6 is 11.6 Å². The van der Waals surface area contributed by atoms with Gasteiger partial charge in [0, 0.05) is 18.2 Å². The number of aryl methyl sites for hydroxylation is 1. The van der Waals surface area contributed by atoms with Crippen LogP contribution in [0.3, 0.4) is 0 Å². The Bertz CT molecular complexity index is 1260. The number of aromatic nitrogens is 2. The van der Waals surface area contributed by atoms with Crippen molar-refractivity contribution in [3.05, 3.63) is 34.6 Å². The smallest absolute Gasteiger partial charge is 0.310 e. The summed E-state index contributed by atoms with van der Waals surface area (Å²) in [7, 11) is -4.15. The van der Waals surface area contributed by atoms with Crippen molar-refractivity contribution in [2.75, 3.05) is 10.8 Å². The van der Waals surface area contributed by atoms with Crippen LogP contribution in [0.4, 0.5) is 5.69 Å². The average Bonchev–Trinajstić information content (AvgIpc) is 3.15. The maximum absolute atomic E-state index is 13.9. The molecular formula is C25H34ClN3O6S. The number of ether oxygens (including phenoxy) is 2. The van der Waals surface area contributed by atoms with E-state index in [2.05, 4.69) is 5.10 Å². The number of hydrogen-bond acceptors (Lipinski definition) is 7. The fourth-order valence-corrected chi connectivity index (χ4v) is 6.15. The van der Waals surface area contributed by atoms with Crippen LogP contribution in [-0.4, -0.2) is 48.7 Å². The Kier molecular flexibility index (Phi) is 7.81. The van der Waals surface area contributed by atoms with E-state index in [1.165, 1.54) is 15.2 Å². The average molecular weight is 540 g/mol. The van der Waals surface area contributed by atoms with E-state index in [0.717, 1.165) is 6.29 Å². The Hall–Kier alpha value is -2.59. The highest BCUT2D eigenvalue weighted by atomic mass is 35.5. The lowest BCUT2D eigenvalue weighted by molar-refractivity contribution is -0.153. The van der Waals surface area contributed by atoms with Crippen LogP contribution in [0.15, 0.2) is 23.2 Å². The third-order valence-corrected chi connectivity index (χ3v) is 7.98. The molecule has 1 aromatic heterocycles. The lowest BCUT2D eigenvalue weighted by Crippen LogP contribution is -2.45.